The Balaban J connectivity index is 1.29. The zero-order chi connectivity index (χ0) is 26.0. The summed E-state index contributed by atoms with van der Waals surface area (Å²) in [5.74, 6) is 0.405. The molecule has 0 radical (unpaired) electrons. The summed E-state index contributed by atoms with van der Waals surface area (Å²) in [5, 5.41) is 22.3. The number of likely N-dealkylation sites (tertiary alicyclic amines) is 1. The van der Waals surface area contributed by atoms with Crippen molar-refractivity contribution < 1.29 is 13.5 Å². The lowest BCUT2D eigenvalue weighted by molar-refractivity contribution is 0.344. The summed E-state index contributed by atoms with van der Waals surface area (Å²) in [4.78, 5) is 7.05. The summed E-state index contributed by atoms with van der Waals surface area (Å²) in [6, 6.07) is 15.0. The summed E-state index contributed by atoms with van der Waals surface area (Å²) < 4.78 is 27.9. The van der Waals surface area contributed by atoms with Gasteiger partial charge in [-0.2, -0.15) is 0 Å². The lowest BCUT2D eigenvalue weighted by atomic mass is 10.0. The number of phenols is 1. The number of rotatable bonds is 8. The van der Waals surface area contributed by atoms with Crippen molar-refractivity contribution in [2.45, 2.75) is 24.7 Å². The minimum atomic E-state index is -3.58. The molecule has 0 spiro atoms. The molecular formula is C26H27ClN6O3S. The van der Waals surface area contributed by atoms with Crippen LogP contribution in [0.5, 0.6) is 5.75 Å². The van der Waals surface area contributed by atoms with E-state index in [1.165, 1.54) is 12.8 Å². The lowest BCUT2D eigenvalue weighted by Gasteiger charge is -2.15. The maximum Gasteiger partial charge on any atom is 0.247 e. The van der Waals surface area contributed by atoms with Crippen LogP contribution in [0.25, 0.3) is 22.2 Å². The predicted octanol–water partition coefficient (Wildman–Crippen LogP) is 4.48. The first-order chi connectivity index (χ1) is 17.8. The number of aromatic nitrogens is 3. The van der Waals surface area contributed by atoms with E-state index in [4.69, 9.17) is 11.6 Å². The Morgan fingerprint density at radius 2 is 1.78 bits per heavy atom. The molecule has 3 aromatic carbocycles. The first kappa shape index (κ1) is 25.3. The van der Waals surface area contributed by atoms with E-state index >= 15 is 0 Å². The summed E-state index contributed by atoms with van der Waals surface area (Å²) >= 11 is 6.11. The fourth-order valence-corrected chi connectivity index (χ4v) is 5.63. The van der Waals surface area contributed by atoms with Gasteiger partial charge in [0.2, 0.25) is 16.0 Å². The molecule has 0 amide bonds. The van der Waals surface area contributed by atoms with Gasteiger partial charge in [0.25, 0.3) is 0 Å². The molecule has 1 fully saturated rings. The topological polar surface area (TPSA) is 120 Å². The van der Waals surface area contributed by atoms with Crippen LogP contribution in [-0.2, 0) is 10.0 Å². The molecule has 0 aliphatic carbocycles. The van der Waals surface area contributed by atoms with E-state index in [0.29, 0.717) is 40.4 Å². The number of nitrogens with one attached hydrogen (secondary N) is 2. The molecule has 0 bridgehead atoms. The summed E-state index contributed by atoms with van der Waals surface area (Å²) in [7, 11) is -3.58. The number of sulfonamides is 1. The van der Waals surface area contributed by atoms with Gasteiger partial charge >= 0.3 is 0 Å². The number of fused-ring (bicyclic) bond motifs is 1. The van der Waals surface area contributed by atoms with Crippen LogP contribution >= 0.6 is 11.6 Å². The fourth-order valence-electron chi connectivity index (χ4n) is 4.43. The molecule has 9 nitrogen and oxygen atoms in total. The van der Waals surface area contributed by atoms with Gasteiger partial charge in [0.15, 0.2) is 0 Å². The average molecular weight is 539 g/mol. The van der Waals surface area contributed by atoms with Crippen LogP contribution < -0.4 is 10.0 Å². The Hall–Kier alpha value is -3.31. The molecule has 3 N–H and O–H groups in total. The van der Waals surface area contributed by atoms with Gasteiger partial charge in [-0.25, -0.2) is 18.1 Å². The number of phenolic OH excluding ortho intramolecular Hbond substituents is 1. The zero-order valence-electron chi connectivity index (χ0n) is 20.3. The molecule has 2 heterocycles. The number of halogens is 1. The van der Waals surface area contributed by atoms with Crippen LogP contribution in [0, 0.1) is 6.92 Å². The van der Waals surface area contributed by atoms with E-state index in [1.807, 2.05) is 13.0 Å². The average Bonchev–Trinajstić information content (AvgIpc) is 3.39. The number of hydrogen-bond donors (Lipinski definition) is 3. The number of benzene rings is 3. The highest BCUT2D eigenvalue weighted by Crippen LogP contribution is 2.34. The van der Waals surface area contributed by atoms with Crippen LogP contribution in [0.15, 0.2) is 59.5 Å². The smallest absolute Gasteiger partial charge is 0.247 e. The summed E-state index contributed by atoms with van der Waals surface area (Å²) in [6.45, 7) is 5.06. The van der Waals surface area contributed by atoms with Gasteiger partial charge in [-0.05, 0) is 98.6 Å². The van der Waals surface area contributed by atoms with E-state index in [0.717, 1.165) is 24.2 Å². The second-order valence-electron chi connectivity index (χ2n) is 9.05. The highest BCUT2D eigenvalue weighted by molar-refractivity contribution is 7.89. The first-order valence-corrected chi connectivity index (χ1v) is 13.9. The van der Waals surface area contributed by atoms with Crippen LogP contribution in [-0.4, -0.2) is 59.8 Å². The SMILES string of the molecule is Cc1cc(-c2cc(Cl)ccc2O)cc2nnc(Nc3ccc(S(=O)(=O)NCCN4CCCC4)cc3)nc12. The van der Waals surface area contributed by atoms with Gasteiger partial charge in [-0.1, -0.05) is 11.6 Å². The molecule has 1 aromatic heterocycles. The van der Waals surface area contributed by atoms with Gasteiger partial charge in [0.1, 0.15) is 11.3 Å². The largest absolute Gasteiger partial charge is 0.507 e. The van der Waals surface area contributed by atoms with Crippen molar-refractivity contribution in [2.24, 2.45) is 0 Å². The molecule has 0 saturated carbocycles. The van der Waals surface area contributed by atoms with Crippen molar-refractivity contribution in [1.82, 2.24) is 24.8 Å². The van der Waals surface area contributed by atoms with Crippen LogP contribution in [0.1, 0.15) is 18.4 Å². The van der Waals surface area contributed by atoms with Crippen molar-refractivity contribution in [3.63, 3.8) is 0 Å². The van der Waals surface area contributed by atoms with Gasteiger partial charge in [-0.3, -0.25) is 0 Å². The molecule has 4 aromatic rings. The fraction of sp³-hybridized carbons (Fsp3) is 0.269. The monoisotopic (exact) mass is 538 g/mol. The molecule has 1 saturated heterocycles. The number of nitrogens with zero attached hydrogens (tertiary/aromatic N) is 4. The molecule has 0 unspecified atom stereocenters. The molecule has 1 aliphatic rings. The molecular weight excluding hydrogens is 512 g/mol. The van der Waals surface area contributed by atoms with E-state index in [-0.39, 0.29) is 16.6 Å². The van der Waals surface area contributed by atoms with Crippen LogP contribution in [0.4, 0.5) is 11.6 Å². The van der Waals surface area contributed by atoms with Gasteiger partial charge in [-0.15, -0.1) is 10.2 Å². The Morgan fingerprint density at radius 3 is 2.54 bits per heavy atom. The van der Waals surface area contributed by atoms with Crippen molar-refractivity contribution >= 4 is 44.3 Å². The van der Waals surface area contributed by atoms with Crippen molar-refractivity contribution in [3.05, 3.63) is 65.2 Å². The maximum atomic E-state index is 12.6. The van der Waals surface area contributed by atoms with E-state index < -0.39 is 10.0 Å². The van der Waals surface area contributed by atoms with Crippen molar-refractivity contribution in [1.29, 1.82) is 0 Å². The minimum Gasteiger partial charge on any atom is -0.507 e. The van der Waals surface area contributed by atoms with E-state index in [1.54, 1.807) is 48.5 Å². The number of aromatic hydroxyl groups is 1. The second-order valence-corrected chi connectivity index (χ2v) is 11.3. The van der Waals surface area contributed by atoms with E-state index in [2.05, 4.69) is 30.1 Å². The third kappa shape index (κ3) is 5.83. The standard InChI is InChI=1S/C26H27ClN6O3S/c1-17-14-18(22-16-19(27)4-9-24(22)34)15-23-25(17)30-26(32-31-23)29-20-5-7-21(8-6-20)37(35,36)28-10-13-33-11-2-3-12-33/h4-9,14-16,28,34H,2-3,10-13H2,1H3,(H,29,30,32). The predicted molar refractivity (Wildman–Crippen MR) is 145 cm³/mol. The second kappa shape index (κ2) is 10.6. The molecule has 37 heavy (non-hydrogen) atoms. The van der Waals surface area contributed by atoms with E-state index in [9.17, 15) is 13.5 Å². The van der Waals surface area contributed by atoms with Crippen LogP contribution in [0.3, 0.4) is 0 Å². The molecule has 192 valence electrons. The van der Waals surface area contributed by atoms with Crippen LogP contribution in [0.2, 0.25) is 5.02 Å². The highest BCUT2D eigenvalue weighted by Gasteiger charge is 2.16. The zero-order valence-corrected chi connectivity index (χ0v) is 21.8. The Morgan fingerprint density at radius 1 is 1.03 bits per heavy atom. The minimum absolute atomic E-state index is 0.120. The van der Waals surface area contributed by atoms with Gasteiger partial charge in [0, 0.05) is 29.4 Å². The van der Waals surface area contributed by atoms with Crippen molar-refractivity contribution in [3.8, 4) is 16.9 Å². The first-order valence-electron chi connectivity index (χ1n) is 12.0. The van der Waals surface area contributed by atoms with Gasteiger partial charge < -0.3 is 15.3 Å². The highest BCUT2D eigenvalue weighted by atomic mass is 35.5. The molecule has 11 heteroatoms. The number of aryl methyl sites for hydroxylation is 1. The third-order valence-electron chi connectivity index (χ3n) is 6.36. The number of hydrogen-bond acceptors (Lipinski definition) is 8. The molecule has 0 atom stereocenters. The summed E-state index contributed by atoms with van der Waals surface area (Å²) in [6.07, 6.45) is 2.34. The van der Waals surface area contributed by atoms with Crippen molar-refractivity contribution in [2.75, 3.05) is 31.5 Å². The van der Waals surface area contributed by atoms with Gasteiger partial charge in [0.05, 0.1) is 10.4 Å². The third-order valence-corrected chi connectivity index (χ3v) is 8.07. The molecule has 1 aliphatic heterocycles. The Labute approximate surface area is 220 Å². The Kier molecular flexibility index (Phi) is 7.25. The summed E-state index contributed by atoms with van der Waals surface area (Å²) in [5.41, 5.74) is 4.07. The molecule has 5 rings (SSSR count). The lowest BCUT2D eigenvalue weighted by Crippen LogP contribution is -2.33. The quantitative estimate of drug-likeness (QED) is 0.300. The number of anilines is 2. The Bertz CT molecular complexity index is 1540. The maximum absolute atomic E-state index is 12.6. The normalized spacial score (nSPS) is 14.3.